The summed E-state index contributed by atoms with van der Waals surface area (Å²) in [7, 11) is 0. The average molecular weight is 467 g/mol. The molecule has 0 amide bonds. The number of nitrogens with zero attached hydrogens (tertiary/aromatic N) is 4. The summed E-state index contributed by atoms with van der Waals surface area (Å²) >= 11 is 5.62. The van der Waals surface area contributed by atoms with Gasteiger partial charge in [0.1, 0.15) is 5.82 Å². The van der Waals surface area contributed by atoms with Gasteiger partial charge in [-0.1, -0.05) is 32.1 Å². The topological polar surface area (TPSA) is 22.6 Å². The first-order valence-electron chi connectivity index (χ1n) is 11.4. The zero-order valence-electron chi connectivity index (χ0n) is 19.0. The third kappa shape index (κ3) is 7.39. The first kappa shape index (κ1) is 24.9. The highest BCUT2D eigenvalue weighted by molar-refractivity contribution is 7.80. The monoisotopic (exact) mass is 466 g/mol. The first-order valence-corrected chi connectivity index (χ1v) is 11.9. The van der Waals surface area contributed by atoms with Crippen LogP contribution >= 0.6 is 12.2 Å². The molecule has 0 spiro atoms. The Morgan fingerprint density at radius 1 is 1.06 bits per heavy atom. The summed E-state index contributed by atoms with van der Waals surface area (Å²) in [5.74, 6) is 0.823. The zero-order valence-corrected chi connectivity index (χ0v) is 19.8. The van der Waals surface area contributed by atoms with Crippen LogP contribution in [-0.2, 0) is 6.42 Å². The minimum atomic E-state index is -4.14. The van der Waals surface area contributed by atoms with Gasteiger partial charge in [-0.3, -0.25) is 4.90 Å². The molecule has 0 unspecified atom stereocenters. The number of thiocarbonyl (C=S) groups is 1. The summed E-state index contributed by atoms with van der Waals surface area (Å²) in [6.07, 6.45) is -1.29. The molecule has 2 heterocycles. The van der Waals surface area contributed by atoms with Crippen LogP contribution in [0.25, 0.3) is 10.9 Å². The Morgan fingerprint density at radius 3 is 2.44 bits per heavy atom. The van der Waals surface area contributed by atoms with Gasteiger partial charge < -0.3 is 9.80 Å². The number of alkyl halides is 3. The second-order valence-electron chi connectivity index (χ2n) is 8.42. The maximum atomic E-state index is 12.6. The summed E-state index contributed by atoms with van der Waals surface area (Å²) in [5.41, 5.74) is 2.09. The lowest BCUT2D eigenvalue weighted by atomic mass is 10.0. The van der Waals surface area contributed by atoms with Crippen molar-refractivity contribution in [2.45, 2.75) is 39.3 Å². The molecule has 1 aliphatic rings. The number of hydrogen-bond acceptors (Lipinski definition) is 5. The van der Waals surface area contributed by atoms with Crippen LogP contribution in [0.4, 0.5) is 19.0 Å². The normalized spacial score (nSPS) is 15.6. The van der Waals surface area contributed by atoms with Crippen molar-refractivity contribution in [2.75, 3.05) is 57.3 Å². The van der Waals surface area contributed by atoms with Gasteiger partial charge in [0.2, 0.25) is 0 Å². The summed E-state index contributed by atoms with van der Waals surface area (Å²) in [6, 6.07) is 10.3. The number of piperazine rings is 1. The van der Waals surface area contributed by atoms with E-state index in [1.165, 1.54) is 10.5 Å². The van der Waals surface area contributed by atoms with Crippen LogP contribution < -0.4 is 4.90 Å². The molecule has 0 aliphatic carbocycles. The van der Waals surface area contributed by atoms with Crippen LogP contribution in [0.2, 0.25) is 0 Å². The van der Waals surface area contributed by atoms with E-state index < -0.39 is 12.7 Å². The van der Waals surface area contributed by atoms with Crippen LogP contribution in [-0.4, -0.2) is 78.2 Å². The van der Waals surface area contributed by atoms with Crippen molar-refractivity contribution >= 4 is 33.8 Å². The zero-order chi connectivity index (χ0) is 23.1. The largest absolute Gasteiger partial charge is 0.401 e. The smallest absolute Gasteiger partial charge is 0.354 e. The van der Waals surface area contributed by atoms with Gasteiger partial charge in [0, 0.05) is 38.0 Å². The molecular formula is C24H33F3N4S. The highest BCUT2D eigenvalue weighted by Crippen LogP contribution is 2.23. The highest BCUT2D eigenvalue weighted by Gasteiger charge is 2.32. The number of fused-ring (bicyclic) bond motifs is 1. The van der Waals surface area contributed by atoms with Crippen molar-refractivity contribution < 1.29 is 13.2 Å². The molecule has 3 rings (SSSR count). The fraction of sp³-hybridized carbons (Fsp3) is 0.583. The Hall–Kier alpha value is -1.77. The molecule has 4 nitrogen and oxygen atoms in total. The molecule has 0 N–H and O–H groups in total. The van der Waals surface area contributed by atoms with Crippen molar-refractivity contribution in [1.82, 2.24) is 14.8 Å². The van der Waals surface area contributed by atoms with E-state index in [0.717, 1.165) is 60.5 Å². The summed E-state index contributed by atoms with van der Waals surface area (Å²) in [4.78, 5) is 11.8. The average Bonchev–Trinajstić information content (AvgIpc) is 2.76. The quantitative estimate of drug-likeness (QED) is 0.461. The molecule has 32 heavy (non-hydrogen) atoms. The number of aromatic nitrogens is 1. The van der Waals surface area contributed by atoms with E-state index in [-0.39, 0.29) is 0 Å². The number of anilines is 1. The Bertz CT molecular complexity index is 890. The van der Waals surface area contributed by atoms with E-state index in [1.807, 2.05) is 18.2 Å². The van der Waals surface area contributed by atoms with Crippen molar-refractivity contribution in [1.29, 1.82) is 0 Å². The van der Waals surface area contributed by atoms with Gasteiger partial charge >= 0.3 is 6.18 Å². The Morgan fingerprint density at radius 2 is 1.78 bits per heavy atom. The molecule has 0 saturated carbocycles. The van der Waals surface area contributed by atoms with Crippen LogP contribution in [0.3, 0.4) is 0 Å². The highest BCUT2D eigenvalue weighted by atomic mass is 32.1. The maximum Gasteiger partial charge on any atom is 0.401 e. The molecule has 1 aromatic carbocycles. The predicted octanol–water partition coefficient (Wildman–Crippen LogP) is 4.95. The van der Waals surface area contributed by atoms with Gasteiger partial charge in [-0.05, 0) is 67.2 Å². The molecule has 1 fully saturated rings. The van der Waals surface area contributed by atoms with E-state index in [2.05, 4.69) is 35.8 Å². The summed E-state index contributed by atoms with van der Waals surface area (Å²) in [5, 5.41) is 1.06. The molecule has 176 valence electrons. The van der Waals surface area contributed by atoms with Gasteiger partial charge in [0.15, 0.2) is 0 Å². The SMILES string of the molecule is CCN(CC)CCCC(=S)Cc1ccc2nc(N3CCN(CC(F)(F)F)CC3)ccc2c1. The lowest BCUT2D eigenvalue weighted by molar-refractivity contribution is -0.146. The second kappa shape index (κ2) is 11.4. The van der Waals surface area contributed by atoms with Crippen molar-refractivity contribution in [3.05, 3.63) is 35.9 Å². The van der Waals surface area contributed by atoms with Gasteiger partial charge in [-0.2, -0.15) is 13.2 Å². The number of benzene rings is 1. The number of pyridine rings is 1. The van der Waals surface area contributed by atoms with Gasteiger partial charge in [0.05, 0.1) is 12.1 Å². The standard InChI is InChI=1S/C24H33F3N4S/c1-3-29(4-2)11-5-6-21(32)17-19-7-9-22-20(16-19)8-10-23(28-22)31-14-12-30(13-15-31)18-24(25,26)27/h7-10,16H,3-6,11-15,17-18H2,1-2H3. The third-order valence-electron chi connectivity index (χ3n) is 6.06. The molecule has 0 bridgehead atoms. The van der Waals surface area contributed by atoms with E-state index in [0.29, 0.717) is 26.2 Å². The Kier molecular flexibility index (Phi) is 8.85. The molecule has 2 aromatic rings. The molecule has 8 heteroatoms. The van der Waals surface area contributed by atoms with Gasteiger partial charge in [0.25, 0.3) is 0 Å². The van der Waals surface area contributed by atoms with Gasteiger partial charge in [-0.25, -0.2) is 4.98 Å². The number of rotatable bonds is 10. The molecule has 0 radical (unpaired) electrons. The van der Waals surface area contributed by atoms with Crippen LogP contribution in [0.1, 0.15) is 32.3 Å². The summed E-state index contributed by atoms with van der Waals surface area (Å²) in [6.45, 7) is 8.65. The molecule has 1 aromatic heterocycles. The van der Waals surface area contributed by atoms with E-state index in [9.17, 15) is 13.2 Å². The second-order valence-corrected chi connectivity index (χ2v) is 9.00. The van der Waals surface area contributed by atoms with Gasteiger partial charge in [-0.15, -0.1) is 0 Å². The van der Waals surface area contributed by atoms with Crippen molar-refractivity contribution in [2.24, 2.45) is 0 Å². The predicted molar refractivity (Wildman–Crippen MR) is 130 cm³/mol. The molecular weight excluding hydrogens is 433 g/mol. The van der Waals surface area contributed by atoms with Crippen LogP contribution in [0.5, 0.6) is 0 Å². The number of hydrogen-bond donors (Lipinski definition) is 0. The van der Waals surface area contributed by atoms with E-state index >= 15 is 0 Å². The lowest BCUT2D eigenvalue weighted by Crippen LogP contribution is -2.49. The minimum absolute atomic E-state index is 0.393. The van der Waals surface area contributed by atoms with E-state index in [1.54, 1.807) is 0 Å². The van der Waals surface area contributed by atoms with E-state index in [4.69, 9.17) is 17.2 Å². The summed E-state index contributed by atoms with van der Waals surface area (Å²) < 4.78 is 37.8. The van der Waals surface area contributed by atoms with Crippen LogP contribution in [0, 0.1) is 0 Å². The molecule has 1 saturated heterocycles. The third-order valence-corrected chi connectivity index (χ3v) is 6.41. The Labute approximate surface area is 194 Å². The minimum Gasteiger partial charge on any atom is -0.354 e. The Balaban J connectivity index is 1.55. The maximum absolute atomic E-state index is 12.6. The number of halogens is 3. The lowest BCUT2D eigenvalue weighted by Gasteiger charge is -2.35. The fourth-order valence-electron chi connectivity index (χ4n) is 4.19. The fourth-order valence-corrected chi connectivity index (χ4v) is 4.51. The van der Waals surface area contributed by atoms with Crippen LogP contribution in [0.15, 0.2) is 30.3 Å². The molecule has 0 atom stereocenters. The van der Waals surface area contributed by atoms with Crippen molar-refractivity contribution in [3.63, 3.8) is 0 Å². The van der Waals surface area contributed by atoms with Crippen molar-refractivity contribution in [3.8, 4) is 0 Å². The molecule has 1 aliphatic heterocycles. The first-order chi connectivity index (χ1) is 15.3.